The number of ether oxygens (including phenoxy) is 1. The van der Waals surface area contributed by atoms with Gasteiger partial charge >= 0.3 is 6.18 Å². The minimum atomic E-state index is -4.50. The van der Waals surface area contributed by atoms with Crippen LogP contribution in [0.2, 0.25) is 0 Å². The Labute approximate surface area is 205 Å². The summed E-state index contributed by atoms with van der Waals surface area (Å²) < 4.78 is 45.9. The molecule has 2 aromatic heterocycles. The fourth-order valence-electron chi connectivity index (χ4n) is 4.61. The molecule has 2 aliphatic heterocycles. The van der Waals surface area contributed by atoms with Gasteiger partial charge < -0.3 is 15.0 Å². The van der Waals surface area contributed by atoms with E-state index in [1.165, 1.54) is 5.56 Å². The van der Waals surface area contributed by atoms with E-state index in [0.717, 1.165) is 30.4 Å². The second-order valence-electron chi connectivity index (χ2n) is 8.74. The van der Waals surface area contributed by atoms with Crippen LogP contribution < -0.4 is 20.6 Å². The van der Waals surface area contributed by atoms with E-state index in [1.807, 2.05) is 30.3 Å². The summed E-state index contributed by atoms with van der Waals surface area (Å²) in [6.07, 6.45) is 0.663. The van der Waals surface area contributed by atoms with Gasteiger partial charge in [0, 0.05) is 43.3 Å². The lowest BCUT2D eigenvalue weighted by Gasteiger charge is -2.41. The first-order valence-electron chi connectivity index (χ1n) is 11.4. The normalized spacial score (nSPS) is 18.3. The molecule has 4 heterocycles. The SMILES string of the molecule is COc1cccc(CCC2CN(C3=c4ncccc4=CNc4sc(C(F)(F)F)nc43)CCN2C)c1. The van der Waals surface area contributed by atoms with E-state index < -0.39 is 11.2 Å². The number of fused-ring (bicyclic) bond motifs is 2. The first-order chi connectivity index (χ1) is 16.8. The van der Waals surface area contributed by atoms with Crippen LogP contribution in [-0.2, 0) is 12.6 Å². The van der Waals surface area contributed by atoms with Crippen molar-refractivity contribution in [2.75, 3.05) is 39.1 Å². The van der Waals surface area contributed by atoms with Gasteiger partial charge in [0.2, 0.25) is 5.01 Å². The van der Waals surface area contributed by atoms with E-state index >= 15 is 0 Å². The molecule has 0 spiro atoms. The molecule has 1 N–H and O–H groups in total. The molecule has 1 fully saturated rings. The highest BCUT2D eigenvalue weighted by atomic mass is 32.1. The molecule has 6 nitrogen and oxygen atoms in total. The molecule has 1 saturated heterocycles. The maximum absolute atomic E-state index is 13.5. The number of thiazole rings is 1. The minimum Gasteiger partial charge on any atom is -0.497 e. The van der Waals surface area contributed by atoms with Crippen molar-refractivity contribution in [1.82, 2.24) is 19.8 Å². The topological polar surface area (TPSA) is 53.5 Å². The van der Waals surface area contributed by atoms with Gasteiger partial charge in [0.05, 0.1) is 18.2 Å². The molecule has 35 heavy (non-hydrogen) atoms. The lowest BCUT2D eigenvalue weighted by molar-refractivity contribution is -0.137. The van der Waals surface area contributed by atoms with Gasteiger partial charge in [0.1, 0.15) is 16.4 Å². The van der Waals surface area contributed by atoms with Crippen molar-refractivity contribution < 1.29 is 17.9 Å². The van der Waals surface area contributed by atoms with Crippen LogP contribution >= 0.6 is 11.3 Å². The summed E-state index contributed by atoms with van der Waals surface area (Å²) in [5, 5.41) is 4.04. The summed E-state index contributed by atoms with van der Waals surface area (Å²) >= 11 is 0.630. The van der Waals surface area contributed by atoms with E-state index in [1.54, 1.807) is 19.5 Å². The van der Waals surface area contributed by atoms with Crippen molar-refractivity contribution in [1.29, 1.82) is 0 Å². The average molecular weight is 502 g/mol. The van der Waals surface area contributed by atoms with Gasteiger partial charge in [-0.25, -0.2) is 4.98 Å². The van der Waals surface area contributed by atoms with Gasteiger partial charge in [-0.05, 0) is 49.7 Å². The fraction of sp³-hybridized carbons (Fsp3) is 0.360. The van der Waals surface area contributed by atoms with E-state index in [2.05, 4.69) is 38.2 Å². The average Bonchev–Trinajstić information content (AvgIpc) is 3.22. The van der Waals surface area contributed by atoms with Gasteiger partial charge in [-0.2, -0.15) is 13.2 Å². The van der Waals surface area contributed by atoms with E-state index in [0.29, 0.717) is 46.2 Å². The lowest BCUT2D eigenvalue weighted by atomic mass is 10.0. The van der Waals surface area contributed by atoms with E-state index in [4.69, 9.17) is 4.74 Å². The third kappa shape index (κ3) is 4.85. The van der Waals surface area contributed by atoms with Crippen molar-refractivity contribution >= 4 is 28.2 Å². The molecule has 1 atom stereocenters. The van der Waals surface area contributed by atoms with Gasteiger partial charge in [0.15, 0.2) is 0 Å². The molecule has 0 aliphatic carbocycles. The number of halogens is 3. The second kappa shape index (κ2) is 9.50. The molecule has 0 amide bonds. The molecule has 5 rings (SSSR count). The number of nitrogens with one attached hydrogen (secondary N) is 1. The monoisotopic (exact) mass is 501 g/mol. The minimum absolute atomic E-state index is 0.221. The Kier molecular flexibility index (Phi) is 6.41. The maximum Gasteiger partial charge on any atom is 0.443 e. The Morgan fingerprint density at radius 3 is 2.86 bits per heavy atom. The van der Waals surface area contributed by atoms with Crippen LogP contribution in [-0.4, -0.2) is 59.6 Å². The molecule has 0 saturated carbocycles. The quantitative estimate of drug-likeness (QED) is 0.580. The number of piperazine rings is 1. The third-order valence-corrected chi connectivity index (χ3v) is 7.54. The summed E-state index contributed by atoms with van der Waals surface area (Å²) in [6.45, 7) is 2.14. The predicted molar refractivity (Wildman–Crippen MR) is 131 cm³/mol. The lowest BCUT2D eigenvalue weighted by Crippen LogP contribution is -2.52. The van der Waals surface area contributed by atoms with Crippen LogP contribution in [0.4, 0.5) is 18.2 Å². The van der Waals surface area contributed by atoms with Gasteiger partial charge in [-0.15, -0.1) is 0 Å². The van der Waals surface area contributed by atoms with Crippen molar-refractivity contribution in [2.45, 2.75) is 25.1 Å². The van der Waals surface area contributed by atoms with Crippen LogP contribution in [0.5, 0.6) is 5.75 Å². The molecule has 0 bridgehead atoms. The number of hydrogen-bond acceptors (Lipinski definition) is 7. The zero-order chi connectivity index (χ0) is 24.6. The Morgan fingerprint density at radius 1 is 1.20 bits per heavy atom. The summed E-state index contributed by atoms with van der Waals surface area (Å²) in [6, 6.07) is 12.0. The molecule has 3 aromatic rings. The largest absolute Gasteiger partial charge is 0.497 e. The molecule has 184 valence electrons. The number of pyridine rings is 1. The summed E-state index contributed by atoms with van der Waals surface area (Å²) in [7, 11) is 3.76. The predicted octanol–water partition coefficient (Wildman–Crippen LogP) is 3.13. The number of aryl methyl sites for hydroxylation is 1. The number of benzene rings is 1. The number of likely N-dealkylation sites (N-methyl/N-ethyl adjacent to an activating group) is 1. The van der Waals surface area contributed by atoms with Crippen LogP contribution in [0.15, 0.2) is 42.6 Å². The van der Waals surface area contributed by atoms with Crippen LogP contribution in [0.25, 0.3) is 11.9 Å². The summed E-state index contributed by atoms with van der Waals surface area (Å²) in [4.78, 5) is 13.1. The number of nitrogens with zero attached hydrogens (tertiary/aromatic N) is 4. The number of rotatable bonds is 5. The summed E-state index contributed by atoms with van der Waals surface area (Å²) in [5.41, 5.74) is 2.16. The maximum atomic E-state index is 13.5. The van der Waals surface area contributed by atoms with Crippen molar-refractivity contribution in [3.63, 3.8) is 0 Å². The zero-order valence-corrected chi connectivity index (χ0v) is 20.3. The first-order valence-corrected chi connectivity index (χ1v) is 12.2. The molecular weight excluding hydrogens is 475 g/mol. The second-order valence-corrected chi connectivity index (χ2v) is 9.74. The molecule has 10 heteroatoms. The Bertz CT molecular complexity index is 1340. The van der Waals surface area contributed by atoms with E-state index in [9.17, 15) is 13.2 Å². The highest BCUT2D eigenvalue weighted by Crippen LogP contribution is 2.40. The highest BCUT2D eigenvalue weighted by molar-refractivity contribution is 7.16. The Balaban J connectivity index is 1.48. The Morgan fingerprint density at radius 2 is 2.06 bits per heavy atom. The standard InChI is InChI=1S/C25H26F3N5OS/c1-32-11-12-33(15-18(32)9-8-16-5-3-7-19(13-16)34-2)22-20-17(6-4-10-29-20)14-30-23-21(22)31-24(35-23)25(26,27)28/h3-7,10,13-14,18,30H,8-9,11-12,15H2,1-2H3. The van der Waals surface area contributed by atoms with Crippen LogP contribution in [0, 0.1) is 0 Å². The summed E-state index contributed by atoms with van der Waals surface area (Å²) in [5.74, 6) is 0.832. The Hall–Kier alpha value is -3.11. The number of alkyl halides is 3. The zero-order valence-electron chi connectivity index (χ0n) is 19.5. The number of methoxy groups -OCH3 is 1. The number of anilines is 1. The fourth-order valence-corrected chi connectivity index (χ4v) is 5.41. The van der Waals surface area contributed by atoms with Crippen molar-refractivity contribution in [2.24, 2.45) is 0 Å². The highest BCUT2D eigenvalue weighted by Gasteiger charge is 2.38. The molecule has 0 radical (unpaired) electrons. The van der Waals surface area contributed by atoms with Crippen LogP contribution in [0.3, 0.4) is 0 Å². The molecule has 1 unspecified atom stereocenters. The first kappa shape index (κ1) is 23.6. The van der Waals surface area contributed by atoms with Crippen molar-refractivity contribution in [3.8, 4) is 5.75 Å². The third-order valence-electron chi connectivity index (χ3n) is 6.51. The molecule has 1 aromatic carbocycles. The van der Waals surface area contributed by atoms with Gasteiger partial charge in [0.25, 0.3) is 0 Å². The van der Waals surface area contributed by atoms with Gasteiger partial charge in [-0.1, -0.05) is 23.5 Å². The van der Waals surface area contributed by atoms with E-state index in [-0.39, 0.29) is 6.04 Å². The molecule has 2 aliphatic rings. The smallest absolute Gasteiger partial charge is 0.443 e. The van der Waals surface area contributed by atoms with Crippen LogP contribution in [0.1, 0.15) is 22.7 Å². The number of hydrogen-bond donors (Lipinski definition) is 1. The number of aromatic nitrogens is 2. The molecular formula is C25H26F3N5OS. The van der Waals surface area contributed by atoms with Crippen molar-refractivity contribution in [3.05, 3.63) is 69.4 Å². The van der Waals surface area contributed by atoms with Gasteiger partial charge in [-0.3, -0.25) is 9.88 Å².